The number of anilines is 1. The number of thioether (sulfide) groups is 1. The van der Waals surface area contributed by atoms with Crippen molar-refractivity contribution in [3.63, 3.8) is 0 Å². The Morgan fingerprint density at radius 1 is 1.16 bits per heavy atom. The van der Waals surface area contributed by atoms with Crippen molar-refractivity contribution in [1.29, 1.82) is 0 Å². The molecule has 6 heteroatoms. The number of amidine groups is 1. The van der Waals surface area contributed by atoms with Gasteiger partial charge in [-0.2, -0.15) is 0 Å². The van der Waals surface area contributed by atoms with Gasteiger partial charge >= 0.3 is 0 Å². The zero-order valence-corrected chi connectivity index (χ0v) is 14.7. The van der Waals surface area contributed by atoms with E-state index in [0.717, 1.165) is 17.0 Å². The molecule has 0 spiro atoms. The van der Waals surface area contributed by atoms with Gasteiger partial charge in [0.2, 0.25) is 0 Å². The first-order chi connectivity index (χ1) is 12.1. The van der Waals surface area contributed by atoms with Crippen LogP contribution in [0.1, 0.15) is 12.5 Å². The summed E-state index contributed by atoms with van der Waals surface area (Å²) in [5.41, 5.74) is 1.77. The van der Waals surface area contributed by atoms with Crippen molar-refractivity contribution < 1.29 is 13.9 Å². The summed E-state index contributed by atoms with van der Waals surface area (Å²) in [4.78, 5) is 18.8. The lowest BCUT2D eigenvalue weighted by atomic mass is 10.2. The number of aliphatic imine (C=N–C) groups is 1. The predicted molar refractivity (Wildman–Crippen MR) is 100 cm³/mol. The zero-order chi connectivity index (χ0) is 17.8. The Labute approximate surface area is 150 Å². The Morgan fingerprint density at radius 2 is 1.84 bits per heavy atom. The van der Waals surface area contributed by atoms with Gasteiger partial charge in [0, 0.05) is 0 Å². The molecule has 1 aliphatic rings. The monoisotopic (exact) mass is 356 g/mol. The average molecular weight is 356 g/mol. The molecule has 0 bridgehead atoms. The molecule has 0 radical (unpaired) electrons. The molecule has 4 nitrogen and oxygen atoms in total. The summed E-state index contributed by atoms with van der Waals surface area (Å²) in [6, 6.07) is 13.2. The fraction of sp³-hybridized carbons (Fsp3) is 0.158. The summed E-state index contributed by atoms with van der Waals surface area (Å²) in [6.45, 7) is 2.51. The Morgan fingerprint density at radius 3 is 2.44 bits per heavy atom. The van der Waals surface area contributed by atoms with Gasteiger partial charge in [0.25, 0.3) is 5.91 Å². The molecule has 0 N–H and O–H groups in total. The van der Waals surface area contributed by atoms with Crippen molar-refractivity contribution in [3.8, 4) is 5.75 Å². The van der Waals surface area contributed by atoms with Crippen molar-refractivity contribution >= 4 is 34.6 Å². The standard InChI is InChI=1S/C19H17FN2O2S/c1-3-24-16-10-8-15(9-11-16)22-18(23)17(21-19(22)25-2)12-13-4-6-14(20)7-5-13/h4-12H,3H2,1-2H3. The van der Waals surface area contributed by atoms with Gasteiger partial charge in [-0.3, -0.25) is 9.69 Å². The predicted octanol–water partition coefficient (Wildman–Crippen LogP) is 4.33. The van der Waals surface area contributed by atoms with Crippen LogP contribution in [-0.2, 0) is 4.79 Å². The van der Waals surface area contributed by atoms with Crippen LogP contribution in [0.15, 0.2) is 59.2 Å². The molecule has 0 aromatic heterocycles. The van der Waals surface area contributed by atoms with Gasteiger partial charge in [-0.15, -0.1) is 0 Å². The van der Waals surface area contributed by atoms with Gasteiger partial charge in [-0.25, -0.2) is 9.38 Å². The molecule has 0 unspecified atom stereocenters. The van der Waals surface area contributed by atoms with Crippen LogP contribution >= 0.6 is 11.8 Å². The van der Waals surface area contributed by atoms with Crippen molar-refractivity contribution in [1.82, 2.24) is 0 Å². The molecule has 0 fully saturated rings. The summed E-state index contributed by atoms with van der Waals surface area (Å²) in [5, 5.41) is 0.600. The van der Waals surface area contributed by atoms with Crippen LogP contribution in [0.3, 0.4) is 0 Å². The highest BCUT2D eigenvalue weighted by molar-refractivity contribution is 8.13. The minimum atomic E-state index is -0.316. The van der Waals surface area contributed by atoms with Crippen LogP contribution in [0, 0.1) is 5.82 Å². The first kappa shape index (κ1) is 17.2. The quantitative estimate of drug-likeness (QED) is 0.766. The van der Waals surface area contributed by atoms with Crippen LogP contribution in [0.25, 0.3) is 6.08 Å². The summed E-state index contributed by atoms with van der Waals surface area (Å²) in [5.74, 6) is 0.227. The number of rotatable bonds is 4. The molecule has 3 rings (SSSR count). The highest BCUT2D eigenvalue weighted by atomic mass is 32.2. The number of amides is 1. The van der Waals surface area contributed by atoms with E-state index in [1.807, 2.05) is 37.4 Å². The lowest BCUT2D eigenvalue weighted by Crippen LogP contribution is -2.29. The SMILES string of the molecule is CCOc1ccc(N2C(=O)C(=Cc3ccc(F)cc3)N=C2SC)cc1. The number of benzene rings is 2. The van der Waals surface area contributed by atoms with Crippen molar-refractivity contribution in [3.05, 3.63) is 65.6 Å². The highest BCUT2D eigenvalue weighted by Gasteiger charge is 2.31. The minimum absolute atomic E-state index is 0.210. The second-order valence-electron chi connectivity index (χ2n) is 5.25. The smallest absolute Gasteiger partial charge is 0.283 e. The largest absolute Gasteiger partial charge is 0.494 e. The summed E-state index contributed by atoms with van der Waals surface area (Å²) < 4.78 is 18.5. The minimum Gasteiger partial charge on any atom is -0.494 e. The summed E-state index contributed by atoms with van der Waals surface area (Å²) >= 11 is 1.39. The third-order valence-electron chi connectivity index (χ3n) is 3.59. The molecule has 0 atom stereocenters. The molecule has 128 valence electrons. The maximum atomic E-state index is 13.0. The van der Waals surface area contributed by atoms with E-state index in [2.05, 4.69) is 4.99 Å². The second-order valence-corrected chi connectivity index (χ2v) is 6.02. The number of halogens is 1. The fourth-order valence-electron chi connectivity index (χ4n) is 2.44. The summed E-state index contributed by atoms with van der Waals surface area (Å²) in [6.07, 6.45) is 3.53. The van der Waals surface area contributed by atoms with Gasteiger partial charge in [0.05, 0.1) is 12.3 Å². The van der Waals surface area contributed by atoms with Crippen LogP contribution in [0.4, 0.5) is 10.1 Å². The Balaban J connectivity index is 1.90. The number of carbonyl (C=O) groups is 1. The lowest BCUT2D eigenvalue weighted by Gasteiger charge is -2.17. The third kappa shape index (κ3) is 3.74. The first-order valence-corrected chi connectivity index (χ1v) is 9.02. The normalized spacial score (nSPS) is 15.6. The van der Waals surface area contributed by atoms with Gasteiger partial charge in [0.1, 0.15) is 17.3 Å². The maximum absolute atomic E-state index is 13.0. The molecule has 0 saturated heterocycles. The Kier molecular flexibility index (Phi) is 5.19. The number of carbonyl (C=O) groups excluding carboxylic acids is 1. The molecule has 25 heavy (non-hydrogen) atoms. The van der Waals surface area contributed by atoms with E-state index in [1.165, 1.54) is 23.9 Å². The third-order valence-corrected chi connectivity index (χ3v) is 4.23. The molecular formula is C19H17FN2O2S. The van der Waals surface area contributed by atoms with Gasteiger partial charge in [-0.05, 0) is 61.2 Å². The lowest BCUT2D eigenvalue weighted by molar-refractivity contribution is -0.113. The van der Waals surface area contributed by atoms with Crippen molar-refractivity contribution in [2.75, 3.05) is 17.8 Å². The van der Waals surface area contributed by atoms with Crippen LogP contribution in [-0.4, -0.2) is 23.9 Å². The van der Waals surface area contributed by atoms with E-state index < -0.39 is 0 Å². The molecule has 1 aliphatic heterocycles. The van der Waals surface area contributed by atoms with E-state index in [4.69, 9.17) is 4.74 Å². The average Bonchev–Trinajstić information content (AvgIpc) is 2.94. The van der Waals surface area contributed by atoms with Crippen molar-refractivity contribution in [2.24, 2.45) is 4.99 Å². The Bertz CT molecular complexity index is 830. The van der Waals surface area contributed by atoms with E-state index in [1.54, 1.807) is 23.1 Å². The molecular weight excluding hydrogens is 339 g/mol. The molecule has 0 aliphatic carbocycles. The first-order valence-electron chi connectivity index (χ1n) is 7.79. The molecule has 0 saturated carbocycles. The van der Waals surface area contributed by atoms with Gasteiger partial charge in [-0.1, -0.05) is 23.9 Å². The highest BCUT2D eigenvalue weighted by Crippen LogP contribution is 2.29. The van der Waals surface area contributed by atoms with Crippen LogP contribution in [0.2, 0.25) is 0 Å². The zero-order valence-electron chi connectivity index (χ0n) is 13.9. The number of hydrogen-bond donors (Lipinski definition) is 0. The van der Waals surface area contributed by atoms with E-state index in [-0.39, 0.29) is 11.7 Å². The second kappa shape index (κ2) is 7.53. The molecule has 2 aromatic rings. The number of hydrogen-bond acceptors (Lipinski definition) is 4. The van der Waals surface area contributed by atoms with Crippen LogP contribution in [0.5, 0.6) is 5.75 Å². The number of nitrogens with zero attached hydrogens (tertiary/aromatic N) is 2. The Hall–Kier alpha value is -2.60. The summed E-state index contributed by atoms with van der Waals surface area (Å²) in [7, 11) is 0. The van der Waals surface area contributed by atoms with Gasteiger partial charge < -0.3 is 4.74 Å². The molecule has 2 aromatic carbocycles. The van der Waals surface area contributed by atoms with E-state index in [0.29, 0.717) is 17.5 Å². The maximum Gasteiger partial charge on any atom is 0.283 e. The van der Waals surface area contributed by atoms with Crippen LogP contribution < -0.4 is 9.64 Å². The fourth-order valence-corrected chi connectivity index (χ4v) is 3.00. The topological polar surface area (TPSA) is 41.9 Å². The van der Waals surface area contributed by atoms with E-state index in [9.17, 15) is 9.18 Å². The molecule has 1 heterocycles. The number of ether oxygens (including phenoxy) is 1. The van der Waals surface area contributed by atoms with E-state index >= 15 is 0 Å². The van der Waals surface area contributed by atoms with Gasteiger partial charge in [0.15, 0.2) is 5.17 Å². The molecule has 1 amide bonds. The van der Waals surface area contributed by atoms with Crippen molar-refractivity contribution in [2.45, 2.75) is 6.92 Å².